The van der Waals surface area contributed by atoms with Crippen molar-refractivity contribution in [2.24, 2.45) is 35.0 Å². The fourth-order valence-corrected chi connectivity index (χ4v) is 7.46. The minimum Gasteiger partial charge on any atom is -0.105 e. The lowest BCUT2D eigenvalue weighted by molar-refractivity contribution is 0.0519. The van der Waals surface area contributed by atoms with Gasteiger partial charge in [-0.1, -0.05) is 0 Å². The second-order valence-electron chi connectivity index (χ2n) is 6.82. The van der Waals surface area contributed by atoms with E-state index < -0.39 is 4.33 Å². The Hall–Kier alpha value is 1.16. The van der Waals surface area contributed by atoms with Crippen molar-refractivity contribution in [2.75, 3.05) is 0 Å². The standard InChI is InChI=1S/C13H16Cl4/c14-11(15)12-4-6-1-7(5-12)3-8(2-6)9-10(12)13(9,16)17/h6-11H,1-5H2. The maximum atomic E-state index is 6.53. The van der Waals surface area contributed by atoms with E-state index in [1.54, 1.807) is 0 Å². The normalized spacial score (nSPS) is 58.1. The molecule has 17 heavy (non-hydrogen) atoms. The summed E-state index contributed by atoms with van der Waals surface area (Å²) in [7, 11) is 0. The predicted molar refractivity (Wildman–Crippen MR) is 72.9 cm³/mol. The Kier molecular flexibility index (Phi) is 2.41. The Morgan fingerprint density at radius 2 is 1.53 bits per heavy atom. The molecule has 5 fully saturated rings. The van der Waals surface area contributed by atoms with Gasteiger partial charge in [-0.25, -0.2) is 0 Å². The summed E-state index contributed by atoms with van der Waals surface area (Å²) in [5.41, 5.74) is 0.0100. The first-order chi connectivity index (χ1) is 7.95. The summed E-state index contributed by atoms with van der Waals surface area (Å²) in [4.78, 5) is -0.309. The smallest absolute Gasteiger partial charge is 0.105 e. The third-order valence-electron chi connectivity index (χ3n) is 5.95. The second-order valence-corrected chi connectivity index (χ2v) is 9.36. The lowest BCUT2D eigenvalue weighted by Crippen LogP contribution is -2.42. The van der Waals surface area contributed by atoms with Crippen molar-refractivity contribution in [3.05, 3.63) is 0 Å². The van der Waals surface area contributed by atoms with E-state index in [2.05, 4.69) is 0 Å². The van der Waals surface area contributed by atoms with Gasteiger partial charge in [-0.2, -0.15) is 0 Å². The van der Waals surface area contributed by atoms with E-state index in [0.717, 1.165) is 30.6 Å². The monoisotopic (exact) mass is 312 g/mol. The molecule has 5 rings (SSSR count). The molecule has 0 aromatic heterocycles. The number of alkyl halides is 4. The molecule has 0 aromatic rings. The predicted octanol–water partition coefficient (Wildman–Crippen LogP) is 5.04. The zero-order valence-electron chi connectivity index (χ0n) is 9.51. The number of hydrogen-bond donors (Lipinski definition) is 0. The average molecular weight is 314 g/mol. The molecule has 0 N–H and O–H groups in total. The SMILES string of the molecule is ClC(Cl)C12CC3CC(CC(C3)C3C1C3(Cl)Cl)C2. The Bertz CT molecular complexity index is 350. The number of halogens is 4. The second kappa shape index (κ2) is 3.43. The highest BCUT2D eigenvalue weighted by molar-refractivity contribution is 6.52. The largest absolute Gasteiger partial charge is 0.125 e. The van der Waals surface area contributed by atoms with Gasteiger partial charge in [-0.15, -0.1) is 46.4 Å². The zero-order valence-corrected chi connectivity index (χ0v) is 12.5. The van der Waals surface area contributed by atoms with Crippen LogP contribution in [-0.2, 0) is 0 Å². The fourth-order valence-electron chi connectivity index (χ4n) is 5.65. The minimum absolute atomic E-state index is 0.0100. The van der Waals surface area contributed by atoms with E-state index in [1.165, 1.54) is 19.3 Å². The first kappa shape index (κ1) is 11.9. The summed E-state index contributed by atoms with van der Waals surface area (Å²) in [5, 5.41) is 0. The van der Waals surface area contributed by atoms with Crippen LogP contribution >= 0.6 is 46.4 Å². The summed E-state index contributed by atoms with van der Waals surface area (Å²) < 4.78 is -0.542. The molecule has 4 atom stereocenters. The van der Waals surface area contributed by atoms with Gasteiger partial charge in [-0.3, -0.25) is 0 Å². The maximum Gasteiger partial charge on any atom is 0.125 e. The van der Waals surface area contributed by atoms with Crippen LogP contribution in [-0.4, -0.2) is 9.17 Å². The van der Waals surface area contributed by atoms with Crippen LogP contribution in [0.2, 0.25) is 0 Å². The van der Waals surface area contributed by atoms with Gasteiger partial charge in [0.05, 0.1) is 0 Å². The molecular formula is C13H16Cl4. The fraction of sp³-hybridized carbons (Fsp3) is 1.00. The zero-order chi connectivity index (χ0) is 12.0. The highest BCUT2D eigenvalue weighted by atomic mass is 35.5. The van der Waals surface area contributed by atoms with Crippen LogP contribution < -0.4 is 0 Å². The lowest BCUT2D eigenvalue weighted by atomic mass is 9.60. The number of hydrogen-bond acceptors (Lipinski definition) is 0. The van der Waals surface area contributed by atoms with Crippen LogP contribution in [0.4, 0.5) is 0 Å². The summed E-state index contributed by atoms with van der Waals surface area (Å²) in [6, 6.07) is 0. The van der Waals surface area contributed by atoms with Gasteiger partial charge in [0.15, 0.2) is 0 Å². The van der Waals surface area contributed by atoms with Crippen LogP contribution in [0.25, 0.3) is 0 Å². The highest BCUT2D eigenvalue weighted by Crippen LogP contribution is 2.79. The van der Waals surface area contributed by atoms with E-state index in [4.69, 9.17) is 46.4 Å². The Morgan fingerprint density at radius 3 is 2.06 bits per heavy atom. The van der Waals surface area contributed by atoms with Crippen LogP contribution in [0.5, 0.6) is 0 Å². The van der Waals surface area contributed by atoms with Gasteiger partial charge in [0, 0.05) is 17.3 Å². The van der Waals surface area contributed by atoms with E-state index in [9.17, 15) is 0 Å². The lowest BCUT2D eigenvalue weighted by Gasteiger charge is -2.48. The van der Waals surface area contributed by atoms with Crippen LogP contribution in [0, 0.1) is 35.0 Å². The van der Waals surface area contributed by atoms with E-state index in [1.807, 2.05) is 0 Å². The topological polar surface area (TPSA) is 0 Å². The van der Waals surface area contributed by atoms with E-state index in [-0.39, 0.29) is 10.3 Å². The van der Waals surface area contributed by atoms with E-state index in [0.29, 0.717) is 11.8 Å². The first-order valence-electron chi connectivity index (χ1n) is 6.61. The van der Waals surface area contributed by atoms with Crippen molar-refractivity contribution in [1.82, 2.24) is 0 Å². The van der Waals surface area contributed by atoms with Crippen LogP contribution in [0.3, 0.4) is 0 Å². The third-order valence-corrected chi connectivity index (χ3v) is 7.79. The highest BCUT2D eigenvalue weighted by Gasteiger charge is 2.77. The van der Waals surface area contributed by atoms with Crippen LogP contribution in [0.1, 0.15) is 32.1 Å². The van der Waals surface area contributed by atoms with Crippen molar-refractivity contribution < 1.29 is 0 Å². The summed E-state index contributed by atoms with van der Waals surface area (Å²) in [6.07, 6.45) is 6.30. The van der Waals surface area contributed by atoms with E-state index >= 15 is 0 Å². The molecule has 4 bridgehead atoms. The van der Waals surface area contributed by atoms with Gasteiger partial charge in [0.1, 0.15) is 9.17 Å². The van der Waals surface area contributed by atoms with Gasteiger partial charge < -0.3 is 0 Å². The van der Waals surface area contributed by atoms with Crippen molar-refractivity contribution in [1.29, 1.82) is 0 Å². The molecular weight excluding hydrogens is 298 g/mol. The van der Waals surface area contributed by atoms with Crippen LogP contribution in [0.15, 0.2) is 0 Å². The van der Waals surface area contributed by atoms with Crippen molar-refractivity contribution in [3.8, 4) is 0 Å². The Balaban J connectivity index is 1.82. The summed E-state index contributed by atoms with van der Waals surface area (Å²) in [5.74, 6) is 3.18. The molecule has 0 radical (unpaired) electrons. The quantitative estimate of drug-likeness (QED) is 0.595. The van der Waals surface area contributed by atoms with Gasteiger partial charge >= 0.3 is 0 Å². The molecule has 0 spiro atoms. The molecule has 4 heteroatoms. The first-order valence-corrected chi connectivity index (χ1v) is 8.24. The Labute approximate surface area is 122 Å². The van der Waals surface area contributed by atoms with Gasteiger partial charge in [0.25, 0.3) is 0 Å². The van der Waals surface area contributed by atoms with Crippen molar-refractivity contribution in [2.45, 2.75) is 41.3 Å². The molecule has 96 valence electrons. The summed E-state index contributed by atoms with van der Waals surface area (Å²) in [6.45, 7) is 0. The van der Waals surface area contributed by atoms with Crippen molar-refractivity contribution >= 4 is 46.4 Å². The molecule has 0 aromatic carbocycles. The molecule has 0 heterocycles. The summed E-state index contributed by atoms with van der Waals surface area (Å²) >= 11 is 25.8. The molecule has 0 nitrogen and oxygen atoms in total. The third kappa shape index (κ3) is 1.40. The average Bonchev–Trinajstić information content (AvgIpc) is 2.83. The molecule has 0 aliphatic heterocycles. The minimum atomic E-state index is -0.542. The molecule has 0 saturated heterocycles. The molecule has 5 saturated carbocycles. The molecule has 0 amide bonds. The molecule has 4 unspecified atom stereocenters. The van der Waals surface area contributed by atoms with Gasteiger partial charge in [-0.05, 0) is 49.9 Å². The maximum absolute atomic E-state index is 6.53. The Morgan fingerprint density at radius 1 is 0.941 bits per heavy atom. The van der Waals surface area contributed by atoms with Crippen molar-refractivity contribution in [3.63, 3.8) is 0 Å². The molecule has 5 aliphatic carbocycles. The van der Waals surface area contributed by atoms with Gasteiger partial charge in [0.2, 0.25) is 0 Å². The number of rotatable bonds is 1. The molecule has 5 aliphatic rings.